The van der Waals surface area contributed by atoms with E-state index in [4.69, 9.17) is 11.6 Å². The Hall–Kier alpha value is -2.33. The van der Waals surface area contributed by atoms with Crippen molar-refractivity contribution in [3.05, 3.63) is 70.7 Å². The lowest BCUT2D eigenvalue weighted by atomic mass is 9.94. The zero-order valence-corrected chi connectivity index (χ0v) is 19.1. The zero-order valence-electron chi connectivity index (χ0n) is 18.4. The average molecular weight is 441 g/mol. The molecule has 0 radical (unpaired) electrons. The van der Waals surface area contributed by atoms with Crippen LogP contribution in [0.4, 0.5) is 0 Å². The Bertz CT molecular complexity index is 849. The first-order valence-electron chi connectivity index (χ1n) is 11.5. The minimum atomic E-state index is -0.570. The molecule has 5 heteroatoms. The topological polar surface area (TPSA) is 49.4 Å². The van der Waals surface area contributed by atoms with Gasteiger partial charge in [-0.3, -0.25) is 9.59 Å². The molecule has 1 saturated carbocycles. The predicted molar refractivity (Wildman–Crippen MR) is 126 cm³/mol. The zero-order chi connectivity index (χ0) is 22.1. The van der Waals surface area contributed by atoms with E-state index < -0.39 is 6.04 Å². The maximum atomic E-state index is 13.5. The molecule has 1 aliphatic rings. The number of carbonyl (C=O) groups is 2. The second-order valence-electron chi connectivity index (χ2n) is 8.41. The van der Waals surface area contributed by atoms with E-state index in [1.54, 1.807) is 4.90 Å². The number of nitrogens with one attached hydrogen (secondary N) is 1. The molecule has 2 aromatic carbocycles. The smallest absolute Gasteiger partial charge is 0.243 e. The largest absolute Gasteiger partial charge is 0.352 e. The van der Waals surface area contributed by atoms with Gasteiger partial charge in [0.1, 0.15) is 6.04 Å². The van der Waals surface area contributed by atoms with E-state index in [0.717, 1.165) is 43.2 Å². The van der Waals surface area contributed by atoms with Crippen molar-refractivity contribution in [2.24, 2.45) is 0 Å². The summed E-state index contributed by atoms with van der Waals surface area (Å²) in [5.41, 5.74) is 1.90. The Kier molecular flexibility index (Phi) is 8.96. The number of hydrogen-bond acceptors (Lipinski definition) is 2. The van der Waals surface area contributed by atoms with Gasteiger partial charge in [0.2, 0.25) is 11.8 Å². The van der Waals surface area contributed by atoms with Crippen molar-refractivity contribution in [3.63, 3.8) is 0 Å². The standard InChI is InChI=1S/C26H33ClN2O2/c1-2-11-25(30)29(19-21-14-9-10-17-23(21)27)24(18-20-12-5-3-6-13-20)26(31)28-22-15-7-4-8-16-22/h3,5-6,9-10,12-14,17,22,24H,2,4,7-8,11,15-16,18-19H2,1H3,(H,28,31)/t24-/m1/s1. The molecule has 0 spiro atoms. The summed E-state index contributed by atoms with van der Waals surface area (Å²) in [6, 6.07) is 17.1. The molecular weight excluding hydrogens is 408 g/mol. The van der Waals surface area contributed by atoms with Crippen molar-refractivity contribution in [1.29, 1.82) is 0 Å². The van der Waals surface area contributed by atoms with Gasteiger partial charge in [0.15, 0.2) is 0 Å². The maximum Gasteiger partial charge on any atom is 0.243 e. The normalized spacial score (nSPS) is 15.3. The molecule has 2 amide bonds. The monoisotopic (exact) mass is 440 g/mol. The maximum absolute atomic E-state index is 13.5. The van der Waals surface area contributed by atoms with Crippen molar-refractivity contribution in [2.45, 2.75) is 76.9 Å². The number of benzene rings is 2. The molecule has 0 aromatic heterocycles. The summed E-state index contributed by atoms with van der Waals surface area (Å²) in [6.07, 6.45) is 7.17. The molecule has 1 aliphatic carbocycles. The molecule has 0 bridgehead atoms. The van der Waals surface area contributed by atoms with Crippen LogP contribution in [0.5, 0.6) is 0 Å². The summed E-state index contributed by atoms with van der Waals surface area (Å²) in [5, 5.41) is 3.87. The van der Waals surface area contributed by atoms with Gasteiger partial charge in [0.25, 0.3) is 0 Å². The molecule has 0 saturated heterocycles. The van der Waals surface area contributed by atoms with Gasteiger partial charge in [-0.1, -0.05) is 86.3 Å². The van der Waals surface area contributed by atoms with Crippen molar-refractivity contribution in [2.75, 3.05) is 0 Å². The van der Waals surface area contributed by atoms with E-state index in [0.29, 0.717) is 24.4 Å². The molecule has 0 unspecified atom stereocenters. The van der Waals surface area contributed by atoms with Crippen LogP contribution in [0.25, 0.3) is 0 Å². The van der Waals surface area contributed by atoms with Crippen molar-refractivity contribution < 1.29 is 9.59 Å². The predicted octanol–water partition coefficient (Wildman–Crippen LogP) is 5.53. The number of amides is 2. The van der Waals surface area contributed by atoms with Crippen LogP contribution < -0.4 is 5.32 Å². The third-order valence-electron chi connectivity index (χ3n) is 5.99. The Morgan fingerprint density at radius 1 is 1.03 bits per heavy atom. The van der Waals surface area contributed by atoms with Gasteiger partial charge in [-0.05, 0) is 36.5 Å². The van der Waals surface area contributed by atoms with E-state index in [2.05, 4.69) is 5.32 Å². The van der Waals surface area contributed by atoms with Crippen molar-refractivity contribution >= 4 is 23.4 Å². The van der Waals surface area contributed by atoms with E-state index in [-0.39, 0.29) is 17.9 Å². The molecule has 31 heavy (non-hydrogen) atoms. The number of carbonyl (C=O) groups excluding carboxylic acids is 2. The van der Waals surface area contributed by atoms with Crippen molar-refractivity contribution in [3.8, 4) is 0 Å². The number of rotatable bonds is 9. The number of hydrogen-bond donors (Lipinski definition) is 1. The summed E-state index contributed by atoms with van der Waals surface area (Å²) < 4.78 is 0. The van der Waals surface area contributed by atoms with E-state index >= 15 is 0 Å². The fraction of sp³-hybridized carbons (Fsp3) is 0.462. The highest BCUT2D eigenvalue weighted by molar-refractivity contribution is 6.31. The molecule has 1 N–H and O–H groups in total. The fourth-order valence-corrected chi connectivity index (χ4v) is 4.46. The van der Waals surface area contributed by atoms with Gasteiger partial charge in [0, 0.05) is 30.5 Å². The van der Waals surface area contributed by atoms with Crippen molar-refractivity contribution in [1.82, 2.24) is 10.2 Å². The van der Waals surface area contributed by atoms with E-state index in [1.807, 2.05) is 61.5 Å². The van der Waals surface area contributed by atoms with E-state index in [1.165, 1.54) is 6.42 Å². The summed E-state index contributed by atoms with van der Waals surface area (Å²) in [5.74, 6) is -0.0746. The van der Waals surface area contributed by atoms with Crippen LogP contribution in [-0.2, 0) is 22.6 Å². The van der Waals surface area contributed by atoms with Crippen LogP contribution in [-0.4, -0.2) is 28.8 Å². The molecule has 4 nitrogen and oxygen atoms in total. The second kappa shape index (κ2) is 11.9. The molecule has 2 aromatic rings. The first kappa shape index (κ1) is 23.3. The van der Waals surface area contributed by atoms with Gasteiger partial charge >= 0.3 is 0 Å². The molecule has 1 fully saturated rings. The van der Waals surface area contributed by atoms with Crippen LogP contribution in [0.1, 0.15) is 63.0 Å². The third kappa shape index (κ3) is 6.83. The number of halogens is 1. The molecule has 0 aliphatic heterocycles. The Labute approximate surface area is 191 Å². The molecule has 166 valence electrons. The van der Waals surface area contributed by atoms with Crippen LogP contribution >= 0.6 is 11.6 Å². The van der Waals surface area contributed by atoms with Gasteiger partial charge in [-0.15, -0.1) is 0 Å². The summed E-state index contributed by atoms with van der Waals surface area (Å²) in [6.45, 7) is 2.31. The quantitative estimate of drug-likeness (QED) is 0.557. The minimum Gasteiger partial charge on any atom is -0.352 e. The fourth-order valence-electron chi connectivity index (χ4n) is 4.27. The van der Waals surface area contributed by atoms with Crippen LogP contribution in [0.3, 0.4) is 0 Å². The lowest BCUT2D eigenvalue weighted by molar-refractivity contribution is -0.141. The lowest BCUT2D eigenvalue weighted by Crippen LogP contribution is -2.52. The minimum absolute atomic E-state index is 0.0119. The van der Waals surface area contributed by atoms with Crippen LogP contribution in [0.2, 0.25) is 5.02 Å². The highest BCUT2D eigenvalue weighted by Crippen LogP contribution is 2.22. The summed E-state index contributed by atoms with van der Waals surface area (Å²) in [7, 11) is 0. The van der Waals surface area contributed by atoms with E-state index in [9.17, 15) is 9.59 Å². The summed E-state index contributed by atoms with van der Waals surface area (Å²) >= 11 is 6.41. The first-order chi connectivity index (χ1) is 15.1. The lowest BCUT2D eigenvalue weighted by Gasteiger charge is -2.33. The van der Waals surface area contributed by atoms with Crippen LogP contribution in [0.15, 0.2) is 54.6 Å². The SMILES string of the molecule is CCCC(=O)N(Cc1ccccc1Cl)[C@H](Cc1ccccc1)C(=O)NC1CCCCC1. The highest BCUT2D eigenvalue weighted by atomic mass is 35.5. The molecular formula is C26H33ClN2O2. The second-order valence-corrected chi connectivity index (χ2v) is 8.82. The van der Waals surface area contributed by atoms with Gasteiger partial charge < -0.3 is 10.2 Å². The van der Waals surface area contributed by atoms with Crippen LogP contribution in [0, 0.1) is 0 Å². The summed E-state index contributed by atoms with van der Waals surface area (Å²) in [4.78, 5) is 28.4. The third-order valence-corrected chi connectivity index (χ3v) is 6.35. The molecule has 0 heterocycles. The Balaban J connectivity index is 1.89. The Morgan fingerprint density at radius 3 is 2.39 bits per heavy atom. The highest BCUT2D eigenvalue weighted by Gasteiger charge is 2.31. The molecule has 3 rings (SSSR count). The number of nitrogens with zero attached hydrogens (tertiary/aromatic N) is 1. The van der Waals surface area contributed by atoms with Gasteiger partial charge in [-0.2, -0.15) is 0 Å². The Morgan fingerprint density at radius 2 is 1.71 bits per heavy atom. The average Bonchev–Trinajstić information content (AvgIpc) is 2.79. The van der Waals surface area contributed by atoms with Gasteiger partial charge in [-0.25, -0.2) is 0 Å². The molecule has 1 atom stereocenters. The van der Waals surface area contributed by atoms with Gasteiger partial charge in [0.05, 0.1) is 0 Å². The first-order valence-corrected chi connectivity index (χ1v) is 11.8.